The minimum atomic E-state index is 0.0755. The van der Waals surface area contributed by atoms with E-state index in [1.54, 1.807) is 0 Å². The molecule has 19 heavy (non-hydrogen) atoms. The number of halogens is 1. The number of benzene rings is 1. The second-order valence-electron chi connectivity index (χ2n) is 6.50. The largest absolute Gasteiger partial charge is 0.371 e. The van der Waals surface area contributed by atoms with Crippen LogP contribution in [0.3, 0.4) is 0 Å². The Hall–Kier alpha value is -0.540. The fraction of sp³-hybridized carbons (Fsp3) is 0.625. The first-order valence-electron chi connectivity index (χ1n) is 7.19. The van der Waals surface area contributed by atoms with Crippen LogP contribution in [0.2, 0.25) is 0 Å². The standard InChI is InChI=1S/C16H25BrN2/c1-12(18)14-6-5-13(11-15(14)17)19-9-4-7-16(2,3)8-10-19/h5-6,11-12H,4,7-10,18H2,1-3H3/t12-/m1/s1. The Morgan fingerprint density at radius 1 is 1.26 bits per heavy atom. The average Bonchev–Trinajstić information content (AvgIpc) is 2.49. The Kier molecular flexibility index (Phi) is 4.57. The predicted octanol–water partition coefficient (Wildman–Crippen LogP) is 4.49. The van der Waals surface area contributed by atoms with Gasteiger partial charge in [0, 0.05) is 29.3 Å². The van der Waals surface area contributed by atoms with Crippen molar-refractivity contribution in [3.05, 3.63) is 28.2 Å². The van der Waals surface area contributed by atoms with Crippen molar-refractivity contribution in [1.29, 1.82) is 0 Å². The molecule has 2 rings (SSSR count). The fourth-order valence-corrected chi connectivity index (χ4v) is 3.49. The molecule has 1 aromatic rings. The summed E-state index contributed by atoms with van der Waals surface area (Å²) in [4.78, 5) is 2.50. The molecular formula is C16H25BrN2. The van der Waals surface area contributed by atoms with Crippen molar-refractivity contribution in [2.75, 3.05) is 18.0 Å². The molecule has 1 fully saturated rings. The van der Waals surface area contributed by atoms with E-state index in [4.69, 9.17) is 5.73 Å². The predicted molar refractivity (Wildman–Crippen MR) is 86.6 cm³/mol. The zero-order valence-corrected chi connectivity index (χ0v) is 13.8. The van der Waals surface area contributed by atoms with Gasteiger partial charge >= 0.3 is 0 Å². The minimum absolute atomic E-state index is 0.0755. The van der Waals surface area contributed by atoms with Crippen molar-refractivity contribution in [2.24, 2.45) is 11.1 Å². The second kappa shape index (κ2) is 5.84. The molecule has 106 valence electrons. The maximum absolute atomic E-state index is 5.96. The molecule has 1 atom stereocenters. The maximum Gasteiger partial charge on any atom is 0.0377 e. The quantitative estimate of drug-likeness (QED) is 0.868. The van der Waals surface area contributed by atoms with Gasteiger partial charge < -0.3 is 10.6 Å². The van der Waals surface area contributed by atoms with Gasteiger partial charge in [0.2, 0.25) is 0 Å². The van der Waals surface area contributed by atoms with E-state index in [0.717, 1.165) is 17.6 Å². The first-order chi connectivity index (χ1) is 8.89. The van der Waals surface area contributed by atoms with Gasteiger partial charge in [0.1, 0.15) is 0 Å². The topological polar surface area (TPSA) is 29.3 Å². The lowest BCUT2D eigenvalue weighted by atomic mass is 9.85. The van der Waals surface area contributed by atoms with Crippen LogP contribution in [0.1, 0.15) is 51.6 Å². The lowest BCUT2D eigenvalue weighted by Gasteiger charge is -2.25. The van der Waals surface area contributed by atoms with Crippen LogP contribution in [0.5, 0.6) is 0 Å². The molecule has 0 aromatic heterocycles. The van der Waals surface area contributed by atoms with Crippen LogP contribution in [-0.2, 0) is 0 Å². The van der Waals surface area contributed by atoms with Gasteiger partial charge in [-0.2, -0.15) is 0 Å². The average molecular weight is 325 g/mol. The molecule has 2 nitrogen and oxygen atoms in total. The molecule has 3 heteroatoms. The molecule has 0 radical (unpaired) electrons. The summed E-state index contributed by atoms with van der Waals surface area (Å²) < 4.78 is 1.13. The minimum Gasteiger partial charge on any atom is -0.371 e. The van der Waals surface area contributed by atoms with Crippen molar-refractivity contribution in [3.8, 4) is 0 Å². The highest BCUT2D eigenvalue weighted by atomic mass is 79.9. The summed E-state index contributed by atoms with van der Waals surface area (Å²) in [5.74, 6) is 0. The van der Waals surface area contributed by atoms with E-state index in [2.05, 4.69) is 52.9 Å². The van der Waals surface area contributed by atoms with Crippen molar-refractivity contribution < 1.29 is 0 Å². The van der Waals surface area contributed by atoms with Crippen LogP contribution in [-0.4, -0.2) is 13.1 Å². The molecular weight excluding hydrogens is 300 g/mol. The lowest BCUT2D eigenvalue weighted by Crippen LogP contribution is -2.25. The third-order valence-corrected chi connectivity index (χ3v) is 4.87. The van der Waals surface area contributed by atoms with Gasteiger partial charge in [0.05, 0.1) is 0 Å². The molecule has 2 N–H and O–H groups in total. The summed E-state index contributed by atoms with van der Waals surface area (Å²) in [6.07, 6.45) is 3.86. The molecule has 0 bridgehead atoms. The zero-order valence-electron chi connectivity index (χ0n) is 12.2. The van der Waals surface area contributed by atoms with E-state index >= 15 is 0 Å². The number of hydrogen-bond donors (Lipinski definition) is 1. The number of rotatable bonds is 2. The molecule has 0 aliphatic carbocycles. The van der Waals surface area contributed by atoms with E-state index in [1.165, 1.54) is 30.5 Å². The van der Waals surface area contributed by atoms with E-state index < -0.39 is 0 Å². The van der Waals surface area contributed by atoms with Gasteiger partial charge in [-0.15, -0.1) is 0 Å². The molecule has 1 saturated heterocycles. The summed E-state index contributed by atoms with van der Waals surface area (Å²) in [5, 5.41) is 0. The Bertz CT molecular complexity index is 440. The smallest absolute Gasteiger partial charge is 0.0377 e. The highest BCUT2D eigenvalue weighted by Crippen LogP contribution is 2.33. The van der Waals surface area contributed by atoms with Gasteiger partial charge in [0.15, 0.2) is 0 Å². The molecule has 0 saturated carbocycles. The maximum atomic E-state index is 5.96. The van der Waals surface area contributed by atoms with Crippen LogP contribution in [0.4, 0.5) is 5.69 Å². The summed E-state index contributed by atoms with van der Waals surface area (Å²) in [6.45, 7) is 9.09. The third-order valence-electron chi connectivity index (χ3n) is 4.18. The Balaban J connectivity index is 2.16. The Morgan fingerprint density at radius 3 is 2.63 bits per heavy atom. The van der Waals surface area contributed by atoms with E-state index in [1.807, 2.05) is 6.92 Å². The van der Waals surface area contributed by atoms with E-state index in [9.17, 15) is 0 Å². The van der Waals surface area contributed by atoms with Crippen LogP contribution < -0.4 is 10.6 Å². The summed E-state index contributed by atoms with van der Waals surface area (Å²) >= 11 is 3.65. The third kappa shape index (κ3) is 3.73. The van der Waals surface area contributed by atoms with Crippen LogP contribution in [0.15, 0.2) is 22.7 Å². The van der Waals surface area contributed by atoms with Crippen LogP contribution in [0.25, 0.3) is 0 Å². The molecule has 0 unspecified atom stereocenters. The molecule has 1 aliphatic heterocycles. The van der Waals surface area contributed by atoms with Crippen LogP contribution in [0, 0.1) is 5.41 Å². The Labute approximate surface area is 125 Å². The molecule has 0 amide bonds. The van der Waals surface area contributed by atoms with Gasteiger partial charge in [0.25, 0.3) is 0 Å². The fourth-order valence-electron chi connectivity index (χ4n) is 2.76. The number of nitrogens with zero attached hydrogens (tertiary/aromatic N) is 1. The monoisotopic (exact) mass is 324 g/mol. The summed E-state index contributed by atoms with van der Waals surface area (Å²) in [6, 6.07) is 6.66. The number of hydrogen-bond acceptors (Lipinski definition) is 2. The summed E-state index contributed by atoms with van der Waals surface area (Å²) in [7, 11) is 0. The van der Waals surface area contributed by atoms with Crippen molar-refractivity contribution >= 4 is 21.6 Å². The molecule has 1 aromatic carbocycles. The number of nitrogens with two attached hydrogens (primary N) is 1. The normalized spacial score (nSPS) is 21.0. The first-order valence-corrected chi connectivity index (χ1v) is 7.98. The van der Waals surface area contributed by atoms with Crippen molar-refractivity contribution in [1.82, 2.24) is 0 Å². The van der Waals surface area contributed by atoms with Crippen molar-refractivity contribution in [2.45, 2.75) is 46.1 Å². The number of anilines is 1. The molecule has 0 spiro atoms. The van der Waals surface area contributed by atoms with Gasteiger partial charge in [-0.25, -0.2) is 0 Å². The lowest BCUT2D eigenvalue weighted by molar-refractivity contribution is 0.325. The second-order valence-corrected chi connectivity index (χ2v) is 7.35. The van der Waals surface area contributed by atoms with E-state index in [0.29, 0.717) is 5.41 Å². The van der Waals surface area contributed by atoms with E-state index in [-0.39, 0.29) is 6.04 Å². The molecule has 1 heterocycles. The highest BCUT2D eigenvalue weighted by Gasteiger charge is 2.23. The zero-order chi connectivity index (χ0) is 14.0. The van der Waals surface area contributed by atoms with Gasteiger partial charge in [-0.3, -0.25) is 0 Å². The van der Waals surface area contributed by atoms with Gasteiger partial charge in [-0.05, 0) is 49.3 Å². The van der Waals surface area contributed by atoms with Crippen LogP contribution >= 0.6 is 15.9 Å². The Morgan fingerprint density at radius 2 is 2.00 bits per heavy atom. The SMILES string of the molecule is C[C@@H](N)c1ccc(N2CCCC(C)(C)CC2)cc1Br. The molecule has 1 aliphatic rings. The highest BCUT2D eigenvalue weighted by molar-refractivity contribution is 9.10. The van der Waals surface area contributed by atoms with Gasteiger partial charge in [-0.1, -0.05) is 35.8 Å². The summed E-state index contributed by atoms with van der Waals surface area (Å²) in [5.41, 5.74) is 8.94. The van der Waals surface area contributed by atoms with Crippen molar-refractivity contribution in [3.63, 3.8) is 0 Å². The first kappa shape index (κ1) is 14.9.